The van der Waals surface area contributed by atoms with Crippen molar-refractivity contribution < 1.29 is 4.42 Å². The second kappa shape index (κ2) is 9.11. The Bertz CT molecular complexity index is 2730. The van der Waals surface area contributed by atoms with Gasteiger partial charge in [-0.3, -0.25) is 0 Å². The molecule has 2 heteroatoms. The fourth-order valence-corrected chi connectivity index (χ4v) is 7.96. The maximum atomic E-state index is 6.33. The Hall–Kier alpha value is -5.34. The molecule has 0 radical (unpaired) electrons. The van der Waals surface area contributed by atoms with Crippen molar-refractivity contribution in [1.29, 1.82) is 0 Å². The lowest BCUT2D eigenvalue weighted by Crippen LogP contribution is -1.88. The molecular weight excluding hydrogens is 558 g/mol. The minimum absolute atomic E-state index is 0.486. The largest absolute Gasteiger partial charge is 0.456 e. The maximum absolute atomic E-state index is 6.33. The van der Waals surface area contributed by atoms with Crippen molar-refractivity contribution in [3.05, 3.63) is 126 Å². The third kappa shape index (κ3) is 3.47. The number of nitrogens with zero attached hydrogens (tertiary/aromatic N) is 1. The molecule has 0 spiro atoms. The lowest BCUT2D eigenvalue weighted by Gasteiger charge is -2.09. The number of hydrogen-bond acceptors (Lipinski definition) is 1. The van der Waals surface area contributed by atoms with E-state index >= 15 is 0 Å². The molecular formula is C44H33NO. The first-order valence-corrected chi connectivity index (χ1v) is 16.5. The predicted octanol–water partition coefficient (Wildman–Crippen LogP) is 13.0. The normalized spacial score (nSPS) is 12.7. The summed E-state index contributed by atoms with van der Waals surface area (Å²) in [4.78, 5) is 0. The molecule has 10 aromatic rings. The van der Waals surface area contributed by atoms with Crippen molar-refractivity contribution in [3.8, 4) is 11.1 Å². The van der Waals surface area contributed by atoms with Crippen molar-refractivity contribution in [2.24, 2.45) is 0 Å². The topological polar surface area (TPSA) is 17.6 Å². The second-order valence-electron chi connectivity index (χ2n) is 13.8. The summed E-state index contributed by atoms with van der Waals surface area (Å²) >= 11 is 0. The molecule has 0 N–H and O–H groups in total. The van der Waals surface area contributed by atoms with Gasteiger partial charge in [0.1, 0.15) is 11.2 Å². The SMILES string of the molecule is CC(C)c1ccc2cc3c(cc2c1)c1cc(-c2cccc4oc5ccccc5c24)cc2c4cc5cc(C(C)C)ccc5cc4n3c12. The maximum Gasteiger partial charge on any atom is 0.136 e. The Morgan fingerprint density at radius 3 is 1.67 bits per heavy atom. The molecule has 2 nitrogen and oxygen atoms in total. The van der Waals surface area contributed by atoms with Crippen LogP contribution in [-0.4, -0.2) is 4.40 Å². The highest BCUT2D eigenvalue weighted by molar-refractivity contribution is 6.27. The van der Waals surface area contributed by atoms with Gasteiger partial charge in [-0.2, -0.15) is 0 Å². The summed E-state index contributed by atoms with van der Waals surface area (Å²) in [7, 11) is 0. The van der Waals surface area contributed by atoms with Gasteiger partial charge in [-0.05, 0) is 104 Å². The number of benzene rings is 7. The highest BCUT2D eigenvalue weighted by Gasteiger charge is 2.22. The van der Waals surface area contributed by atoms with E-state index in [0.717, 1.165) is 16.6 Å². The summed E-state index contributed by atoms with van der Waals surface area (Å²) in [5, 5.41) is 12.7. The highest BCUT2D eigenvalue weighted by atomic mass is 16.3. The predicted molar refractivity (Wildman–Crippen MR) is 197 cm³/mol. The zero-order valence-corrected chi connectivity index (χ0v) is 26.5. The van der Waals surface area contributed by atoms with E-state index in [0.29, 0.717) is 11.8 Å². The van der Waals surface area contributed by atoms with Crippen LogP contribution in [0.3, 0.4) is 0 Å². The fraction of sp³-hybridized carbons (Fsp3) is 0.136. The number of para-hydroxylation sites is 1. The molecule has 46 heavy (non-hydrogen) atoms. The van der Waals surface area contributed by atoms with Crippen molar-refractivity contribution in [3.63, 3.8) is 0 Å². The lowest BCUT2D eigenvalue weighted by atomic mass is 9.94. The Balaban J connectivity index is 1.38. The number of aromatic nitrogens is 1. The molecule has 0 saturated carbocycles. The van der Waals surface area contributed by atoms with Gasteiger partial charge >= 0.3 is 0 Å². The van der Waals surface area contributed by atoms with Crippen LogP contribution in [0.5, 0.6) is 0 Å². The molecule has 0 amide bonds. The third-order valence-corrected chi connectivity index (χ3v) is 10.4. The highest BCUT2D eigenvalue weighted by Crippen LogP contribution is 2.45. The average molecular weight is 592 g/mol. The van der Waals surface area contributed by atoms with Crippen LogP contribution < -0.4 is 0 Å². The summed E-state index contributed by atoms with van der Waals surface area (Å²) in [5.74, 6) is 0.973. The molecule has 0 unspecified atom stereocenters. The van der Waals surface area contributed by atoms with Gasteiger partial charge in [-0.25, -0.2) is 0 Å². The van der Waals surface area contributed by atoms with E-state index < -0.39 is 0 Å². The summed E-state index contributed by atoms with van der Waals surface area (Å²) in [6.45, 7) is 9.09. The molecule has 3 aromatic heterocycles. The third-order valence-electron chi connectivity index (χ3n) is 10.4. The van der Waals surface area contributed by atoms with Gasteiger partial charge in [-0.1, -0.05) is 94.4 Å². The van der Waals surface area contributed by atoms with E-state index in [1.807, 2.05) is 6.07 Å². The smallest absolute Gasteiger partial charge is 0.136 e. The minimum atomic E-state index is 0.486. The van der Waals surface area contributed by atoms with Gasteiger partial charge in [0.25, 0.3) is 0 Å². The van der Waals surface area contributed by atoms with Gasteiger partial charge in [0.2, 0.25) is 0 Å². The molecule has 0 aliphatic carbocycles. The number of furan rings is 1. The first-order chi connectivity index (χ1) is 22.4. The van der Waals surface area contributed by atoms with Crippen LogP contribution in [0.15, 0.2) is 120 Å². The zero-order chi connectivity index (χ0) is 30.8. The number of hydrogen-bond donors (Lipinski definition) is 0. The molecule has 0 atom stereocenters. The Morgan fingerprint density at radius 2 is 1.07 bits per heavy atom. The van der Waals surface area contributed by atoms with Gasteiger partial charge < -0.3 is 8.82 Å². The van der Waals surface area contributed by atoms with Crippen LogP contribution in [0.25, 0.3) is 92.7 Å². The van der Waals surface area contributed by atoms with Crippen molar-refractivity contribution in [2.75, 3.05) is 0 Å². The number of fused-ring (bicyclic) bond motifs is 11. The van der Waals surface area contributed by atoms with Crippen LogP contribution in [0, 0.1) is 0 Å². The second-order valence-corrected chi connectivity index (χ2v) is 13.8. The van der Waals surface area contributed by atoms with E-state index in [1.165, 1.54) is 87.3 Å². The number of rotatable bonds is 3. The van der Waals surface area contributed by atoms with E-state index in [2.05, 4.69) is 141 Å². The van der Waals surface area contributed by atoms with Crippen LogP contribution in [0.1, 0.15) is 50.7 Å². The molecule has 0 saturated heterocycles. The molecule has 0 bridgehead atoms. The van der Waals surface area contributed by atoms with Gasteiger partial charge in [0.05, 0.1) is 16.6 Å². The Morgan fingerprint density at radius 1 is 0.478 bits per heavy atom. The van der Waals surface area contributed by atoms with Crippen LogP contribution in [0.2, 0.25) is 0 Å². The fourth-order valence-electron chi connectivity index (χ4n) is 7.96. The van der Waals surface area contributed by atoms with Gasteiger partial charge in [-0.15, -0.1) is 0 Å². The molecule has 0 fully saturated rings. The van der Waals surface area contributed by atoms with Gasteiger partial charge in [0, 0.05) is 32.3 Å². The van der Waals surface area contributed by atoms with Crippen molar-refractivity contribution in [1.82, 2.24) is 4.40 Å². The summed E-state index contributed by atoms with van der Waals surface area (Å²) in [6.07, 6.45) is 0. The van der Waals surface area contributed by atoms with E-state index in [-0.39, 0.29) is 0 Å². The quantitative estimate of drug-likeness (QED) is 0.200. The molecule has 220 valence electrons. The molecule has 10 rings (SSSR count). The van der Waals surface area contributed by atoms with Crippen molar-refractivity contribution in [2.45, 2.75) is 39.5 Å². The minimum Gasteiger partial charge on any atom is -0.456 e. The standard InChI is InChI=1S/C44H33NO/c1-24(2)26-12-14-28-22-39-35(18-30(28)16-26)37-20-32(33-9-7-11-42-43(33)34-8-5-6-10-41(34)46-42)21-38-36-19-31-17-27(25(3)4)13-15-29(31)23-40(36)45(39)44(37)38/h5-25H,1-4H3. The summed E-state index contributed by atoms with van der Waals surface area (Å²) in [5.41, 5.74) is 10.9. The molecule has 0 aliphatic rings. The zero-order valence-electron chi connectivity index (χ0n) is 26.5. The van der Waals surface area contributed by atoms with E-state index in [9.17, 15) is 0 Å². The van der Waals surface area contributed by atoms with Gasteiger partial charge in [0.15, 0.2) is 0 Å². The molecule has 7 aromatic carbocycles. The van der Waals surface area contributed by atoms with E-state index in [4.69, 9.17) is 4.42 Å². The molecule has 0 aliphatic heterocycles. The first-order valence-electron chi connectivity index (χ1n) is 16.5. The Kier molecular flexibility index (Phi) is 5.14. The summed E-state index contributed by atoms with van der Waals surface area (Å²) in [6, 6.07) is 43.3. The summed E-state index contributed by atoms with van der Waals surface area (Å²) < 4.78 is 8.86. The van der Waals surface area contributed by atoms with Crippen LogP contribution in [0.4, 0.5) is 0 Å². The average Bonchev–Trinajstić information content (AvgIpc) is 3.71. The lowest BCUT2D eigenvalue weighted by molar-refractivity contribution is 0.669. The Labute approximate surface area is 266 Å². The van der Waals surface area contributed by atoms with Crippen LogP contribution in [-0.2, 0) is 0 Å². The van der Waals surface area contributed by atoms with E-state index in [1.54, 1.807) is 0 Å². The molecule has 3 heterocycles. The monoisotopic (exact) mass is 591 g/mol. The van der Waals surface area contributed by atoms with Crippen molar-refractivity contribution >= 4 is 81.6 Å². The van der Waals surface area contributed by atoms with Crippen LogP contribution >= 0.6 is 0 Å². The first kappa shape index (κ1) is 25.9.